The van der Waals surface area contributed by atoms with Crippen LogP contribution >= 0.6 is 0 Å². The average Bonchev–Trinajstić information content (AvgIpc) is 2.04. The van der Waals surface area contributed by atoms with Crippen LogP contribution in [0.2, 0.25) is 0 Å². The van der Waals surface area contributed by atoms with E-state index in [-0.39, 0.29) is 5.41 Å². The number of hydrogen-bond donors (Lipinski definition) is 0. The zero-order chi connectivity index (χ0) is 9.90. The molecule has 1 rings (SSSR count). The molecule has 1 aromatic heterocycles. The second-order valence-corrected chi connectivity index (χ2v) is 4.06. The second kappa shape index (κ2) is 3.69. The fraction of sp³-hybridized carbons (Fsp3) is 0.455. The molecular formula is C11H16N2. The van der Waals surface area contributed by atoms with Crippen LogP contribution in [-0.2, 0) is 5.41 Å². The predicted molar refractivity (Wildman–Crippen MR) is 55.4 cm³/mol. The van der Waals surface area contributed by atoms with Gasteiger partial charge in [0.25, 0.3) is 0 Å². The van der Waals surface area contributed by atoms with Crippen molar-refractivity contribution in [1.82, 2.24) is 9.97 Å². The van der Waals surface area contributed by atoms with Gasteiger partial charge in [0.1, 0.15) is 5.82 Å². The van der Waals surface area contributed by atoms with Crippen LogP contribution in [0.3, 0.4) is 0 Å². The Labute approximate surface area is 79.7 Å². The fourth-order valence-corrected chi connectivity index (χ4v) is 0.998. The van der Waals surface area contributed by atoms with E-state index in [1.165, 1.54) is 0 Å². The maximum Gasteiger partial charge on any atom is 0.134 e. The largest absolute Gasteiger partial charge is 0.241 e. The first-order chi connectivity index (χ1) is 6.04. The summed E-state index contributed by atoms with van der Waals surface area (Å²) in [5.74, 6) is 0.892. The molecule has 2 nitrogen and oxygen atoms in total. The van der Waals surface area contributed by atoms with Gasteiger partial charge in [-0.2, -0.15) is 0 Å². The van der Waals surface area contributed by atoms with Crippen LogP contribution in [-0.4, -0.2) is 9.97 Å². The standard InChI is InChI=1S/C11H16N2/c1-5-6-9-7-8-12-10(13-9)11(2,3)4/h5-8H,1-4H3/b6-5+. The van der Waals surface area contributed by atoms with Crippen molar-refractivity contribution in [2.75, 3.05) is 0 Å². The summed E-state index contributed by atoms with van der Waals surface area (Å²) in [6, 6.07) is 1.91. The lowest BCUT2D eigenvalue weighted by atomic mass is 9.96. The molecule has 0 unspecified atom stereocenters. The summed E-state index contributed by atoms with van der Waals surface area (Å²) in [6.45, 7) is 8.32. The Kier molecular flexibility index (Phi) is 2.81. The minimum absolute atomic E-state index is 0.0254. The normalized spacial score (nSPS) is 12.3. The van der Waals surface area contributed by atoms with E-state index in [0.29, 0.717) is 0 Å². The number of rotatable bonds is 1. The van der Waals surface area contributed by atoms with Gasteiger partial charge >= 0.3 is 0 Å². The molecular weight excluding hydrogens is 160 g/mol. The summed E-state index contributed by atoms with van der Waals surface area (Å²) in [6.07, 6.45) is 5.77. The third-order valence-electron chi connectivity index (χ3n) is 1.69. The Morgan fingerprint density at radius 3 is 2.54 bits per heavy atom. The van der Waals surface area contributed by atoms with Crippen LogP contribution in [0.15, 0.2) is 18.3 Å². The molecule has 0 N–H and O–H groups in total. The molecule has 0 amide bonds. The molecule has 0 aliphatic heterocycles. The molecule has 0 saturated carbocycles. The first kappa shape index (κ1) is 9.90. The molecule has 70 valence electrons. The first-order valence-corrected chi connectivity index (χ1v) is 4.50. The third-order valence-corrected chi connectivity index (χ3v) is 1.69. The molecule has 13 heavy (non-hydrogen) atoms. The number of hydrogen-bond acceptors (Lipinski definition) is 2. The van der Waals surface area contributed by atoms with Crippen LogP contribution in [0.1, 0.15) is 39.2 Å². The Morgan fingerprint density at radius 1 is 1.31 bits per heavy atom. The molecule has 0 radical (unpaired) electrons. The van der Waals surface area contributed by atoms with Crippen molar-refractivity contribution in [1.29, 1.82) is 0 Å². The van der Waals surface area contributed by atoms with Crippen LogP contribution in [0.4, 0.5) is 0 Å². The second-order valence-electron chi connectivity index (χ2n) is 4.06. The molecule has 0 aliphatic carbocycles. The minimum Gasteiger partial charge on any atom is -0.241 e. The molecule has 0 bridgehead atoms. The van der Waals surface area contributed by atoms with Crippen molar-refractivity contribution in [3.8, 4) is 0 Å². The van der Waals surface area contributed by atoms with Crippen molar-refractivity contribution in [3.63, 3.8) is 0 Å². The number of aromatic nitrogens is 2. The minimum atomic E-state index is 0.0254. The van der Waals surface area contributed by atoms with Crippen molar-refractivity contribution < 1.29 is 0 Å². The summed E-state index contributed by atoms with van der Waals surface area (Å²) in [5, 5.41) is 0. The van der Waals surface area contributed by atoms with Crippen molar-refractivity contribution >= 4 is 6.08 Å². The van der Waals surface area contributed by atoms with Gasteiger partial charge in [0.15, 0.2) is 0 Å². The van der Waals surface area contributed by atoms with E-state index in [2.05, 4.69) is 30.7 Å². The molecule has 0 spiro atoms. The monoisotopic (exact) mass is 176 g/mol. The summed E-state index contributed by atoms with van der Waals surface area (Å²) < 4.78 is 0. The first-order valence-electron chi connectivity index (χ1n) is 4.50. The van der Waals surface area contributed by atoms with E-state index in [1.807, 2.05) is 31.3 Å². The lowest BCUT2D eigenvalue weighted by Crippen LogP contribution is -2.16. The van der Waals surface area contributed by atoms with Crippen LogP contribution in [0.5, 0.6) is 0 Å². The Balaban J connectivity index is 3.05. The predicted octanol–water partition coefficient (Wildman–Crippen LogP) is 2.81. The van der Waals surface area contributed by atoms with E-state index in [9.17, 15) is 0 Å². The summed E-state index contributed by atoms with van der Waals surface area (Å²) in [4.78, 5) is 8.68. The van der Waals surface area contributed by atoms with Gasteiger partial charge in [0.05, 0.1) is 5.69 Å². The van der Waals surface area contributed by atoms with Gasteiger partial charge in [-0.3, -0.25) is 0 Å². The van der Waals surface area contributed by atoms with E-state index in [1.54, 1.807) is 0 Å². The van der Waals surface area contributed by atoms with Gasteiger partial charge in [0, 0.05) is 11.6 Å². The Hall–Kier alpha value is -1.18. The highest BCUT2D eigenvalue weighted by atomic mass is 14.9. The van der Waals surface area contributed by atoms with Crippen LogP contribution in [0.25, 0.3) is 6.08 Å². The molecule has 0 aliphatic rings. The number of nitrogens with zero attached hydrogens (tertiary/aromatic N) is 2. The van der Waals surface area contributed by atoms with Crippen molar-refractivity contribution in [2.24, 2.45) is 0 Å². The van der Waals surface area contributed by atoms with E-state index in [4.69, 9.17) is 0 Å². The fourth-order valence-electron chi connectivity index (χ4n) is 0.998. The highest BCUT2D eigenvalue weighted by molar-refractivity contribution is 5.43. The van der Waals surface area contributed by atoms with Gasteiger partial charge in [0.2, 0.25) is 0 Å². The van der Waals surface area contributed by atoms with Crippen LogP contribution in [0, 0.1) is 0 Å². The van der Waals surface area contributed by atoms with Gasteiger partial charge < -0.3 is 0 Å². The maximum atomic E-state index is 4.44. The lowest BCUT2D eigenvalue weighted by molar-refractivity contribution is 0.544. The molecule has 1 heterocycles. The van der Waals surface area contributed by atoms with Gasteiger partial charge in [-0.15, -0.1) is 0 Å². The maximum absolute atomic E-state index is 4.44. The zero-order valence-electron chi connectivity index (χ0n) is 8.70. The lowest BCUT2D eigenvalue weighted by Gasteiger charge is -2.15. The summed E-state index contributed by atoms with van der Waals surface area (Å²) >= 11 is 0. The van der Waals surface area contributed by atoms with Crippen LogP contribution < -0.4 is 0 Å². The summed E-state index contributed by atoms with van der Waals surface area (Å²) in [7, 11) is 0. The van der Waals surface area contributed by atoms with E-state index >= 15 is 0 Å². The topological polar surface area (TPSA) is 25.8 Å². The molecule has 0 atom stereocenters. The molecule has 0 fully saturated rings. The Morgan fingerprint density at radius 2 is 2.00 bits per heavy atom. The summed E-state index contributed by atoms with van der Waals surface area (Å²) in [5.41, 5.74) is 1.000. The third kappa shape index (κ3) is 2.65. The highest BCUT2D eigenvalue weighted by Gasteiger charge is 2.16. The SMILES string of the molecule is C/C=C/c1ccnc(C(C)(C)C)n1. The van der Waals surface area contributed by atoms with Gasteiger partial charge in [-0.25, -0.2) is 9.97 Å². The molecule has 0 aromatic carbocycles. The van der Waals surface area contributed by atoms with Gasteiger partial charge in [-0.1, -0.05) is 26.8 Å². The smallest absolute Gasteiger partial charge is 0.134 e. The quantitative estimate of drug-likeness (QED) is 0.657. The van der Waals surface area contributed by atoms with Crippen molar-refractivity contribution in [2.45, 2.75) is 33.1 Å². The molecule has 1 aromatic rings. The molecule has 0 saturated heterocycles. The van der Waals surface area contributed by atoms with Gasteiger partial charge in [-0.05, 0) is 19.1 Å². The number of allylic oxidation sites excluding steroid dienone is 1. The highest BCUT2D eigenvalue weighted by Crippen LogP contribution is 2.17. The van der Waals surface area contributed by atoms with Crippen molar-refractivity contribution in [3.05, 3.63) is 29.9 Å². The zero-order valence-corrected chi connectivity index (χ0v) is 8.70. The molecule has 2 heteroatoms. The van der Waals surface area contributed by atoms with E-state index < -0.39 is 0 Å². The average molecular weight is 176 g/mol. The van der Waals surface area contributed by atoms with E-state index in [0.717, 1.165) is 11.5 Å². The Bertz CT molecular complexity index is 308.